The molecule has 6 atom stereocenters. The van der Waals surface area contributed by atoms with Gasteiger partial charge in [0.05, 0.1) is 46.9 Å². The molecule has 3 aromatic carbocycles. The van der Waals surface area contributed by atoms with Crippen LogP contribution in [0.2, 0.25) is 0 Å². The van der Waals surface area contributed by atoms with Crippen LogP contribution in [0.5, 0.6) is 5.75 Å². The van der Waals surface area contributed by atoms with Crippen molar-refractivity contribution < 1.29 is 38.5 Å². The molecule has 7 heterocycles. The number of ether oxygens (including phenoxy) is 1. The normalized spacial score (nSPS) is 19.4. The van der Waals surface area contributed by atoms with Gasteiger partial charge in [-0.1, -0.05) is 57.2 Å². The maximum atomic E-state index is 14.4. The molecule has 0 radical (unpaired) electrons. The van der Waals surface area contributed by atoms with Crippen molar-refractivity contribution in [2.75, 3.05) is 24.5 Å². The number of aryl methyl sites for hydroxylation is 3. The van der Waals surface area contributed by atoms with Crippen molar-refractivity contribution in [1.29, 1.82) is 0 Å². The first kappa shape index (κ1) is 50.3. The number of carboxylic acids is 1. The average Bonchev–Trinajstić information content (AvgIpc) is 4.24. The molecule has 74 heavy (non-hydrogen) atoms. The fraction of sp³-hybridized carbons (Fsp3) is 0.382. The van der Waals surface area contributed by atoms with Crippen LogP contribution in [0.4, 0.5) is 5.69 Å². The number of thiazole rings is 1. The zero-order valence-corrected chi connectivity index (χ0v) is 44.1. The minimum absolute atomic E-state index is 0.0154. The van der Waals surface area contributed by atoms with Crippen LogP contribution >= 0.6 is 22.7 Å². The summed E-state index contributed by atoms with van der Waals surface area (Å²) in [6.07, 6.45) is -0.403. The van der Waals surface area contributed by atoms with Crippen LogP contribution in [-0.2, 0) is 14.4 Å². The van der Waals surface area contributed by atoms with E-state index in [1.807, 2.05) is 100 Å². The van der Waals surface area contributed by atoms with Gasteiger partial charge in [-0.3, -0.25) is 28.7 Å². The molecule has 7 aromatic rings. The highest BCUT2D eigenvalue weighted by atomic mass is 32.1. The number of hydrogen-bond donors (Lipinski definition) is 4. The molecular formula is C55H59N9O8S2. The van der Waals surface area contributed by atoms with Crippen LogP contribution in [0.15, 0.2) is 87.7 Å². The molecule has 0 spiro atoms. The maximum Gasteiger partial charge on any atom is 0.306 e. The number of carbonyl (C=O) groups excluding carboxylic acids is 3. The summed E-state index contributed by atoms with van der Waals surface area (Å²) in [6.45, 7) is 16.7. The Bertz CT molecular complexity index is 3330. The summed E-state index contributed by atoms with van der Waals surface area (Å²) in [7, 11) is 0. The third-order valence-corrected chi connectivity index (χ3v) is 16.5. The van der Waals surface area contributed by atoms with Crippen molar-refractivity contribution in [1.82, 2.24) is 35.3 Å². The van der Waals surface area contributed by atoms with E-state index in [-0.39, 0.29) is 43.2 Å². The van der Waals surface area contributed by atoms with Crippen LogP contribution in [0.1, 0.15) is 114 Å². The van der Waals surface area contributed by atoms with Gasteiger partial charge in [-0.25, -0.2) is 4.98 Å². The fourth-order valence-electron chi connectivity index (χ4n) is 10.2. The molecule has 17 nitrogen and oxygen atoms in total. The maximum absolute atomic E-state index is 14.4. The van der Waals surface area contributed by atoms with Gasteiger partial charge in [0.25, 0.3) is 5.91 Å². The number of anilines is 1. The molecule has 0 unspecified atom stereocenters. The highest BCUT2D eigenvalue weighted by molar-refractivity contribution is 7.15. The van der Waals surface area contributed by atoms with Crippen LogP contribution in [0.25, 0.3) is 26.4 Å². The van der Waals surface area contributed by atoms with E-state index in [1.165, 1.54) is 4.90 Å². The summed E-state index contributed by atoms with van der Waals surface area (Å²) >= 11 is 3.20. The van der Waals surface area contributed by atoms with E-state index < -0.39 is 47.4 Å². The first-order valence-corrected chi connectivity index (χ1v) is 26.5. The van der Waals surface area contributed by atoms with Crippen molar-refractivity contribution in [3.63, 3.8) is 0 Å². The molecule has 4 N–H and O–H groups in total. The summed E-state index contributed by atoms with van der Waals surface area (Å²) in [5, 5.41) is 36.8. The number of aliphatic hydroxyl groups excluding tert-OH is 1. The van der Waals surface area contributed by atoms with Crippen LogP contribution < -0.4 is 20.3 Å². The van der Waals surface area contributed by atoms with Gasteiger partial charge < -0.3 is 39.8 Å². The predicted octanol–water partition coefficient (Wildman–Crippen LogP) is 8.44. The van der Waals surface area contributed by atoms with Gasteiger partial charge in [0.1, 0.15) is 46.4 Å². The number of aromatic nitrogens is 4. The monoisotopic (exact) mass is 1040 g/mol. The first-order valence-electron chi connectivity index (χ1n) is 24.8. The SMILES string of the molecule is Cc1ncsc1-c1ccc([C@H](C)NC(=O)[C@@H]2C[C@@H](O)CN2C(=O)[C@@H](NC(=O)c2cc3cc(O[C@@H]4CCN(c5ccc(C6=N[C@@H](CC(=O)O)c7nnc(C)n7-c7sc(C)c(C)c76)cc5)C4)ccc3o2)C(C)(C)C)cc1. The van der Waals surface area contributed by atoms with E-state index >= 15 is 0 Å². The number of aliphatic hydroxyl groups is 1. The number of nitrogens with zero attached hydrogens (tertiary/aromatic N) is 7. The predicted molar refractivity (Wildman–Crippen MR) is 284 cm³/mol. The molecule has 3 aliphatic rings. The second kappa shape index (κ2) is 19.9. The van der Waals surface area contributed by atoms with E-state index in [0.717, 1.165) is 72.6 Å². The largest absolute Gasteiger partial charge is 0.488 e. The minimum Gasteiger partial charge on any atom is -0.488 e. The van der Waals surface area contributed by atoms with Gasteiger partial charge in [0.15, 0.2) is 11.6 Å². The number of amides is 3. The number of β-amino-alcohol motifs (C(OH)–C–C–N with tert-alkyl or cyclic N) is 1. The van der Waals surface area contributed by atoms with Crippen molar-refractivity contribution in [2.45, 2.75) is 111 Å². The van der Waals surface area contributed by atoms with Gasteiger partial charge in [-0.05, 0) is 93.1 Å². The summed E-state index contributed by atoms with van der Waals surface area (Å²) in [5.41, 5.74) is 9.07. The summed E-state index contributed by atoms with van der Waals surface area (Å²) in [4.78, 5) is 69.5. The lowest BCUT2D eigenvalue weighted by molar-refractivity contribution is -0.142. The summed E-state index contributed by atoms with van der Waals surface area (Å²) in [6, 6.07) is 20.1. The first-order chi connectivity index (χ1) is 35.3. The number of rotatable bonds is 13. The number of aliphatic imine (C=N–C) groups is 1. The Morgan fingerprint density at radius 2 is 1.68 bits per heavy atom. The smallest absolute Gasteiger partial charge is 0.306 e. The van der Waals surface area contributed by atoms with E-state index in [9.17, 15) is 29.4 Å². The summed E-state index contributed by atoms with van der Waals surface area (Å²) < 4.78 is 14.5. The third-order valence-electron chi connectivity index (χ3n) is 14.3. The molecule has 2 saturated heterocycles. The van der Waals surface area contributed by atoms with Crippen LogP contribution in [-0.4, -0.2) is 108 Å². The Morgan fingerprint density at radius 1 is 0.932 bits per heavy atom. The van der Waals surface area contributed by atoms with Crippen LogP contribution in [0, 0.1) is 33.1 Å². The Labute approximate surface area is 436 Å². The number of nitrogens with one attached hydrogen (secondary N) is 2. The Morgan fingerprint density at radius 3 is 2.38 bits per heavy atom. The standard InChI is InChI=1S/C55H59N9O8S2/c1-28-31(4)74-54-46(28)47(58-41(24-45(66)67)50-61-60-32(5)64(50)54)34-13-15-37(16-14-34)62-20-19-40(26-62)71-39-17-18-43-36(21-39)22-44(72-43)52(69)59-49(55(6,7)8)53(70)63-25-38(65)23-42(63)51(68)57-29(2)33-9-11-35(12-10-33)48-30(3)56-27-73-48/h9-18,21-22,27,29,38,40-42,49,65H,19-20,23-26H2,1-8H3,(H,57,68)(H,59,69)(H,66,67)/t29-,38+,40+,41-,42-,49+/m0/s1. The second-order valence-electron chi connectivity index (χ2n) is 20.6. The zero-order valence-electron chi connectivity index (χ0n) is 42.5. The number of carboxylic acid groups (broad SMARTS) is 1. The molecule has 19 heteroatoms. The van der Waals surface area contributed by atoms with E-state index in [2.05, 4.69) is 56.7 Å². The van der Waals surface area contributed by atoms with Gasteiger partial charge >= 0.3 is 5.97 Å². The third kappa shape index (κ3) is 9.82. The molecule has 4 aromatic heterocycles. The second-order valence-corrected chi connectivity index (χ2v) is 22.7. The molecule has 3 amide bonds. The van der Waals surface area contributed by atoms with Crippen molar-refractivity contribution in [3.05, 3.63) is 129 Å². The van der Waals surface area contributed by atoms with Gasteiger partial charge in [-0.15, -0.1) is 32.9 Å². The number of thiophene rings is 1. The van der Waals surface area contributed by atoms with E-state index in [4.69, 9.17) is 14.1 Å². The van der Waals surface area contributed by atoms with Crippen LogP contribution in [0.3, 0.4) is 0 Å². The lowest BCUT2D eigenvalue weighted by Gasteiger charge is -2.35. The highest BCUT2D eigenvalue weighted by Crippen LogP contribution is 2.40. The number of carbonyl (C=O) groups is 4. The molecule has 10 rings (SSSR count). The lowest BCUT2D eigenvalue weighted by Crippen LogP contribution is -2.57. The molecule has 3 aliphatic heterocycles. The molecular weight excluding hydrogens is 979 g/mol. The highest BCUT2D eigenvalue weighted by Gasteiger charge is 2.45. The molecule has 0 saturated carbocycles. The zero-order chi connectivity index (χ0) is 52.3. The Kier molecular flexibility index (Phi) is 13.5. The topological polar surface area (TPSA) is 218 Å². The average molecular weight is 1040 g/mol. The molecule has 0 aliphatic carbocycles. The van der Waals surface area contributed by atoms with Crippen molar-refractivity contribution in [3.8, 4) is 21.2 Å². The Hall–Kier alpha value is -7.22. The quantitative estimate of drug-likeness (QED) is 0.0856. The van der Waals surface area contributed by atoms with Gasteiger partial charge in [-0.2, -0.15) is 0 Å². The van der Waals surface area contributed by atoms with E-state index in [0.29, 0.717) is 34.9 Å². The molecule has 384 valence electrons. The number of benzene rings is 3. The van der Waals surface area contributed by atoms with E-state index in [1.54, 1.807) is 34.8 Å². The van der Waals surface area contributed by atoms with Crippen molar-refractivity contribution >= 4 is 68.7 Å². The number of likely N-dealkylation sites (tertiary alicyclic amines) is 1. The number of furan rings is 1. The molecule has 2 fully saturated rings. The Balaban J connectivity index is 0.782. The lowest BCUT2D eigenvalue weighted by atomic mass is 9.85. The van der Waals surface area contributed by atoms with Crippen molar-refractivity contribution in [2.24, 2.45) is 10.4 Å². The summed E-state index contributed by atoms with van der Waals surface area (Å²) in [5.74, 6) is -0.586. The number of hydrogen-bond acceptors (Lipinski definition) is 14. The van der Waals surface area contributed by atoms with Gasteiger partial charge in [0, 0.05) is 53.0 Å². The minimum atomic E-state index is -1.05. The number of fused-ring (bicyclic) bond motifs is 4. The molecule has 0 bridgehead atoms. The van der Waals surface area contributed by atoms with Gasteiger partial charge in [0.2, 0.25) is 11.8 Å². The number of aliphatic carboxylic acids is 1. The fourth-order valence-corrected chi connectivity index (χ4v) is 12.2.